The maximum absolute atomic E-state index is 13.1. The van der Waals surface area contributed by atoms with Crippen molar-refractivity contribution in [3.63, 3.8) is 0 Å². The van der Waals surface area contributed by atoms with Gasteiger partial charge in [0.1, 0.15) is 13.2 Å². The van der Waals surface area contributed by atoms with Crippen molar-refractivity contribution in [2.75, 3.05) is 40.9 Å². The molecule has 8 nitrogen and oxygen atoms in total. The van der Waals surface area contributed by atoms with Gasteiger partial charge in [-0.2, -0.15) is 0 Å². The molecule has 0 saturated heterocycles. The number of nitrogens with one attached hydrogen (secondary N) is 1. The molecular weight excluding hydrogens is 1020 g/mol. The average molecular weight is 1160 g/mol. The summed E-state index contributed by atoms with van der Waals surface area (Å²) in [5.74, 6) is -0.137. The summed E-state index contributed by atoms with van der Waals surface area (Å²) >= 11 is 0. The number of hydrogen-bond acceptors (Lipinski definition) is 5. The Hall–Kier alpha value is -1.54. The summed E-state index contributed by atoms with van der Waals surface area (Å²) in [5, 5.41) is 14.2. The van der Waals surface area contributed by atoms with Gasteiger partial charge in [0.25, 0.3) is 0 Å². The maximum atomic E-state index is 13.1. The molecule has 0 fully saturated rings. The van der Waals surface area contributed by atoms with Crippen molar-refractivity contribution in [1.29, 1.82) is 0 Å². The molecule has 3 unspecified atom stereocenters. The zero-order valence-electron chi connectivity index (χ0n) is 54.8. The first-order valence-corrected chi connectivity index (χ1v) is 37.0. The highest BCUT2D eigenvalue weighted by atomic mass is 31.2. The molecule has 0 bridgehead atoms. The number of allylic oxidation sites excluding steroid dienone is 8. The number of phosphoric ester groups is 1. The number of quaternary nitrogens is 1. The standard InChI is InChI=1S/C72H139N2O6P/c1-6-8-10-12-14-16-18-20-22-24-26-28-30-32-34-35-36-37-38-39-40-42-44-46-48-50-52-54-56-58-60-62-64-66-72(76)73-70(69-80-81(77,78)79-68-67-74(3,4)5)71(75)65-63-61-59-57-55-53-51-49-47-45-43-41-33-31-29-27-25-23-21-19-17-15-13-11-9-7-2/h8,10,14,16,20,22,26,28,70-71,75H,6-7,9,11-13,15,17-19,21,23-25,27,29-69H2,1-5H3,(H-,73,76,77,78)/p+1/b10-8-,16-14-,22-20-,28-26-. The minimum absolute atomic E-state index is 0.0764. The minimum atomic E-state index is -4.33. The quantitative estimate of drug-likeness (QED) is 0.0243. The van der Waals surface area contributed by atoms with Crippen LogP contribution < -0.4 is 5.32 Å². The first kappa shape index (κ1) is 79.5. The van der Waals surface area contributed by atoms with Crippen LogP contribution in [0.3, 0.4) is 0 Å². The van der Waals surface area contributed by atoms with E-state index in [0.29, 0.717) is 23.9 Å². The highest BCUT2D eigenvalue weighted by molar-refractivity contribution is 7.47. The van der Waals surface area contributed by atoms with Crippen LogP contribution in [0.15, 0.2) is 48.6 Å². The van der Waals surface area contributed by atoms with Gasteiger partial charge in [-0.1, -0.05) is 345 Å². The van der Waals surface area contributed by atoms with Crippen molar-refractivity contribution < 1.29 is 32.9 Å². The number of amides is 1. The molecule has 0 spiro atoms. The molecule has 0 aromatic rings. The molecule has 81 heavy (non-hydrogen) atoms. The molecule has 0 heterocycles. The first-order chi connectivity index (χ1) is 39.5. The van der Waals surface area contributed by atoms with Gasteiger partial charge in [0, 0.05) is 6.42 Å². The molecule has 0 saturated carbocycles. The SMILES string of the molecule is CC/C=C\C/C=C\C/C=C\C/C=C\CCCCCCCCCCCCCCCCCCCCCCC(=O)NC(COP(=O)(O)OCC[N+](C)(C)C)C(O)CCCCCCCCCCCCCCCCCCCCCCCCCCCC. The summed E-state index contributed by atoms with van der Waals surface area (Å²) < 4.78 is 23.9. The van der Waals surface area contributed by atoms with E-state index in [1.165, 1.54) is 263 Å². The second-order valence-corrected chi connectivity index (χ2v) is 27.0. The Morgan fingerprint density at radius 1 is 0.432 bits per heavy atom. The molecule has 0 rings (SSSR count). The second kappa shape index (κ2) is 63.0. The summed E-state index contributed by atoms with van der Waals surface area (Å²) in [4.78, 5) is 23.5. The molecule has 0 aromatic carbocycles. The fourth-order valence-electron chi connectivity index (χ4n) is 10.9. The van der Waals surface area contributed by atoms with E-state index in [1.807, 2.05) is 21.1 Å². The number of phosphoric acid groups is 1. The first-order valence-electron chi connectivity index (χ1n) is 35.5. The normalized spacial score (nSPS) is 13.9. The Morgan fingerprint density at radius 2 is 0.741 bits per heavy atom. The fourth-order valence-corrected chi connectivity index (χ4v) is 11.6. The van der Waals surface area contributed by atoms with E-state index in [0.717, 1.165) is 64.2 Å². The lowest BCUT2D eigenvalue weighted by molar-refractivity contribution is -0.870. The summed E-state index contributed by atoms with van der Waals surface area (Å²) in [7, 11) is 1.63. The molecule has 0 aliphatic heterocycles. The van der Waals surface area contributed by atoms with Crippen LogP contribution in [0.4, 0.5) is 0 Å². The van der Waals surface area contributed by atoms with Crippen LogP contribution >= 0.6 is 7.82 Å². The lowest BCUT2D eigenvalue weighted by atomic mass is 10.0. The number of rotatable bonds is 66. The molecule has 1 amide bonds. The average Bonchev–Trinajstić information content (AvgIpc) is 3.43. The van der Waals surface area contributed by atoms with Crippen molar-refractivity contribution in [1.82, 2.24) is 5.32 Å². The third kappa shape index (κ3) is 65.9. The topological polar surface area (TPSA) is 105 Å². The van der Waals surface area contributed by atoms with Gasteiger partial charge in [0.15, 0.2) is 0 Å². The van der Waals surface area contributed by atoms with Gasteiger partial charge in [-0.3, -0.25) is 13.8 Å². The summed E-state index contributed by atoms with van der Waals surface area (Å²) in [6.07, 6.45) is 85.0. The van der Waals surface area contributed by atoms with Crippen molar-refractivity contribution in [2.24, 2.45) is 0 Å². The lowest BCUT2D eigenvalue weighted by Gasteiger charge is -2.26. The number of nitrogens with zero attached hydrogens (tertiary/aromatic N) is 1. The Balaban J connectivity index is 3.99. The van der Waals surface area contributed by atoms with Crippen LogP contribution in [-0.2, 0) is 18.4 Å². The lowest BCUT2D eigenvalue weighted by Crippen LogP contribution is -2.46. The Kier molecular flexibility index (Phi) is 61.8. The summed E-state index contributed by atoms with van der Waals surface area (Å²) in [6.45, 7) is 4.83. The fraction of sp³-hybridized carbons (Fsp3) is 0.875. The number of carbonyl (C=O) groups is 1. The Labute approximate surface area is 505 Å². The Bertz CT molecular complexity index is 1460. The summed E-state index contributed by atoms with van der Waals surface area (Å²) in [5.41, 5.74) is 0. The van der Waals surface area contributed by atoms with Gasteiger partial charge in [0.05, 0.1) is 39.9 Å². The van der Waals surface area contributed by atoms with E-state index in [1.54, 1.807) is 0 Å². The number of unbranched alkanes of at least 4 members (excludes halogenated alkanes) is 45. The molecule has 0 aliphatic rings. The number of hydrogen-bond donors (Lipinski definition) is 3. The van der Waals surface area contributed by atoms with Crippen LogP contribution in [0.2, 0.25) is 0 Å². The van der Waals surface area contributed by atoms with Gasteiger partial charge < -0.3 is 19.8 Å². The van der Waals surface area contributed by atoms with E-state index in [9.17, 15) is 19.4 Å². The van der Waals surface area contributed by atoms with Crippen molar-refractivity contribution in [3.8, 4) is 0 Å². The molecule has 478 valence electrons. The predicted octanol–water partition coefficient (Wildman–Crippen LogP) is 22.6. The van der Waals surface area contributed by atoms with Crippen molar-refractivity contribution in [3.05, 3.63) is 48.6 Å². The van der Waals surface area contributed by atoms with E-state index >= 15 is 0 Å². The molecular formula is C72H140N2O6P+. The second-order valence-electron chi connectivity index (χ2n) is 25.6. The highest BCUT2D eigenvalue weighted by Gasteiger charge is 2.28. The van der Waals surface area contributed by atoms with Gasteiger partial charge in [-0.15, -0.1) is 0 Å². The van der Waals surface area contributed by atoms with Crippen LogP contribution in [0.25, 0.3) is 0 Å². The third-order valence-electron chi connectivity index (χ3n) is 16.3. The molecule has 0 aromatic heterocycles. The number of aliphatic hydroxyl groups excluding tert-OH is 1. The Morgan fingerprint density at radius 3 is 1.09 bits per heavy atom. The van der Waals surface area contributed by atoms with E-state index in [-0.39, 0.29) is 19.1 Å². The van der Waals surface area contributed by atoms with Crippen LogP contribution in [-0.4, -0.2) is 73.4 Å². The highest BCUT2D eigenvalue weighted by Crippen LogP contribution is 2.43. The van der Waals surface area contributed by atoms with Gasteiger partial charge in [-0.05, 0) is 51.4 Å². The maximum Gasteiger partial charge on any atom is 0.472 e. The number of likely N-dealkylation sites (N-methyl/N-ethyl adjacent to an activating group) is 1. The van der Waals surface area contributed by atoms with E-state index in [2.05, 4.69) is 67.8 Å². The van der Waals surface area contributed by atoms with Gasteiger partial charge >= 0.3 is 7.82 Å². The van der Waals surface area contributed by atoms with Gasteiger partial charge in [0.2, 0.25) is 5.91 Å². The molecule has 9 heteroatoms. The minimum Gasteiger partial charge on any atom is -0.391 e. The van der Waals surface area contributed by atoms with E-state index < -0.39 is 20.0 Å². The number of carbonyl (C=O) groups excluding carboxylic acids is 1. The van der Waals surface area contributed by atoms with Crippen LogP contribution in [0.1, 0.15) is 354 Å². The smallest absolute Gasteiger partial charge is 0.391 e. The van der Waals surface area contributed by atoms with Crippen molar-refractivity contribution >= 4 is 13.7 Å². The molecule has 0 aliphatic carbocycles. The monoisotopic (exact) mass is 1160 g/mol. The molecule has 3 N–H and O–H groups in total. The molecule has 3 atom stereocenters. The zero-order valence-corrected chi connectivity index (χ0v) is 55.7. The largest absolute Gasteiger partial charge is 0.472 e. The van der Waals surface area contributed by atoms with Gasteiger partial charge in [-0.25, -0.2) is 4.57 Å². The number of aliphatic hydroxyl groups is 1. The van der Waals surface area contributed by atoms with Crippen LogP contribution in [0, 0.1) is 0 Å². The zero-order chi connectivity index (χ0) is 59.1. The predicted molar refractivity (Wildman–Crippen MR) is 355 cm³/mol. The van der Waals surface area contributed by atoms with E-state index in [4.69, 9.17) is 9.05 Å². The van der Waals surface area contributed by atoms with Crippen molar-refractivity contribution in [2.45, 2.75) is 366 Å². The molecule has 0 radical (unpaired) electrons. The summed E-state index contributed by atoms with van der Waals surface area (Å²) in [6, 6.07) is -0.761. The van der Waals surface area contributed by atoms with Crippen LogP contribution in [0.5, 0.6) is 0 Å². The third-order valence-corrected chi connectivity index (χ3v) is 17.3.